The van der Waals surface area contributed by atoms with Crippen LogP contribution < -0.4 is 5.32 Å². The summed E-state index contributed by atoms with van der Waals surface area (Å²) >= 11 is 0. The predicted octanol–water partition coefficient (Wildman–Crippen LogP) is 2.30. The largest absolute Gasteiger partial charge is 0.481 e. The third-order valence-corrected chi connectivity index (χ3v) is 3.61. The topological polar surface area (TPSA) is 69.6 Å². The van der Waals surface area contributed by atoms with Gasteiger partial charge in [-0.3, -0.25) is 4.79 Å². The minimum atomic E-state index is -0.922. The molecule has 0 spiro atoms. The van der Waals surface area contributed by atoms with Crippen LogP contribution in [0.2, 0.25) is 0 Å². The molecule has 0 aliphatic heterocycles. The summed E-state index contributed by atoms with van der Waals surface area (Å²) in [5, 5.41) is 21.8. The Bertz CT molecular complexity index is 402. The summed E-state index contributed by atoms with van der Waals surface area (Å²) in [5.41, 5.74) is 1.98. The van der Waals surface area contributed by atoms with E-state index >= 15 is 0 Å². The van der Waals surface area contributed by atoms with Crippen molar-refractivity contribution in [3.05, 3.63) is 35.4 Å². The number of nitrogens with one attached hydrogen (secondary N) is 1. The molecule has 0 aliphatic rings. The number of aliphatic hydroxyl groups is 1. The summed E-state index contributed by atoms with van der Waals surface area (Å²) < 4.78 is 0. The number of aliphatic hydroxyl groups excluding tert-OH is 1. The van der Waals surface area contributed by atoms with E-state index in [9.17, 15) is 9.90 Å². The maximum atomic E-state index is 10.7. The van der Waals surface area contributed by atoms with Crippen LogP contribution in [0.1, 0.15) is 49.8 Å². The lowest BCUT2D eigenvalue weighted by atomic mass is 9.94. The second kappa shape index (κ2) is 7.26. The Morgan fingerprint density at radius 2 is 1.79 bits per heavy atom. The molecule has 0 bridgehead atoms. The van der Waals surface area contributed by atoms with Crippen LogP contribution in [0, 0.1) is 0 Å². The fraction of sp³-hybridized carbons (Fsp3) is 0.533. The average molecular weight is 265 g/mol. The Kier molecular flexibility index (Phi) is 5.99. The van der Waals surface area contributed by atoms with Gasteiger partial charge in [0.05, 0.1) is 12.5 Å². The zero-order valence-electron chi connectivity index (χ0n) is 11.8. The lowest BCUT2D eigenvalue weighted by Crippen LogP contribution is -2.34. The van der Waals surface area contributed by atoms with E-state index in [4.69, 9.17) is 5.11 Å². The minimum Gasteiger partial charge on any atom is -0.481 e. The van der Waals surface area contributed by atoms with Gasteiger partial charge >= 0.3 is 5.97 Å². The summed E-state index contributed by atoms with van der Waals surface area (Å²) in [7, 11) is 1.66. The Balaban J connectivity index is 2.81. The fourth-order valence-corrected chi connectivity index (χ4v) is 2.05. The number of likely N-dealkylation sites (N-methyl/N-ethyl adjacent to an activating group) is 1. The zero-order chi connectivity index (χ0) is 14.4. The number of rotatable bonds is 7. The van der Waals surface area contributed by atoms with Gasteiger partial charge in [0.15, 0.2) is 0 Å². The maximum absolute atomic E-state index is 10.7. The van der Waals surface area contributed by atoms with E-state index in [-0.39, 0.29) is 6.42 Å². The number of hydrogen-bond donors (Lipinski definition) is 3. The van der Waals surface area contributed by atoms with Gasteiger partial charge in [-0.15, -0.1) is 0 Å². The third kappa shape index (κ3) is 4.33. The lowest BCUT2D eigenvalue weighted by molar-refractivity contribution is -0.138. The smallest absolute Gasteiger partial charge is 0.305 e. The number of hydrogen-bond acceptors (Lipinski definition) is 3. The molecule has 3 N–H and O–H groups in total. The van der Waals surface area contributed by atoms with Crippen LogP contribution in [-0.4, -0.2) is 29.3 Å². The first kappa shape index (κ1) is 15.7. The molecule has 0 aliphatic carbocycles. The van der Waals surface area contributed by atoms with Gasteiger partial charge in [-0.05, 0) is 30.5 Å². The van der Waals surface area contributed by atoms with Gasteiger partial charge in [-0.1, -0.05) is 38.1 Å². The molecular formula is C15H23NO3. The van der Waals surface area contributed by atoms with Crippen molar-refractivity contribution in [2.75, 3.05) is 7.05 Å². The third-order valence-electron chi connectivity index (χ3n) is 3.61. The van der Waals surface area contributed by atoms with Gasteiger partial charge in [0.1, 0.15) is 0 Å². The standard InChI is InChI=1S/C15H23NO3/c1-4-10(2)11-5-7-12(8-6-11)15(19)13(16-3)9-14(17)18/h5-8,10,13,15-16,19H,4,9H2,1-3H3,(H,17,18). The molecule has 1 rings (SSSR count). The molecular weight excluding hydrogens is 242 g/mol. The highest BCUT2D eigenvalue weighted by molar-refractivity contribution is 5.67. The van der Waals surface area contributed by atoms with Crippen LogP contribution in [0.25, 0.3) is 0 Å². The minimum absolute atomic E-state index is 0.106. The zero-order valence-corrected chi connectivity index (χ0v) is 11.8. The molecule has 106 valence electrons. The predicted molar refractivity (Wildman–Crippen MR) is 75.2 cm³/mol. The van der Waals surface area contributed by atoms with E-state index < -0.39 is 18.1 Å². The van der Waals surface area contributed by atoms with E-state index in [0.717, 1.165) is 12.0 Å². The van der Waals surface area contributed by atoms with Crippen molar-refractivity contribution in [2.45, 2.75) is 44.8 Å². The maximum Gasteiger partial charge on any atom is 0.305 e. The first-order valence-electron chi connectivity index (χ1n) is 6.66. The number of carboxylic acids is 1. The Hall–Kier alpha value is -1.39. The van der Waals surface area contributed by atoms with Crippen LogP contribution >= 0.6 is 0 Å². The highest BCUT2D eigenvalue weighted by atomic mass is 16.4. The molecule has 4 heteroatoms. The van der Waals surface area contributed by atoms with E-state index in [1.54, 1.807) is 7.05 Å². The molecule has 0 amide bonds. The van der Waals surface area contributed by atoms with Crippen molar-refractivity contribution in [3.63, 3.8) is 0 Å². The Morgan fingerprint density at radius 1 is 1.26 bits per heavy atom. The highest BCUT2D eigenvalue weighted by Crippen LogP contribution is 2.23. The summed E-state index contributed by atoms with van der Waals surface area (Å²) in [6, 6.07) is 7.27. The van der Waals surface area contributed by atoms with Crippen LogP contribution in [0.3, 0.4) is 0 Å². The van der Waals surface area contributed by atoms with Crippen molar-refractivity contribution in [1.29, 1.82) is 0 Å². The Labute approximate surface area is 114 Å². The van der Waals surface area contributed by atoms with Crippen molar-refractivity contribution >= 4 is 5.97 Å². The van der Waals surface area contributed by atoms with Crippen LogP contribution in [0.4, 0.5) is 0 Å². The lowest BCUT2D eigenvalue weighted by Gasteiger charge is -2.21. The second-order valence-corrected chi connectivity index (χ2v) is 4.91. The molecule has 19 heavy (non-hydrogen) atoms. The summed E-state index contributed by atoms with van der Waals surface area (Å²) in [4.78, 5) is 10.7. The molecule has 0 heterocycles. The fourth-order valence-electron chi connectivity index (χ4n) is 2.05. The van der Waals surface area contributed by atoms with Gasteiger partial charge in [0, 0.05) is 6.04 Å². The van der Waals surface area contributed by atoms with Crippen LogP contribution in [0.15, 0.2) is 24.3 Å². The first-order chi connectivity index (χ1) is 8.99. The van der Waals surface area contributed by atoms with Crippen molar-refractivity contribution in [1.82, 2.24) is 5.32 Å². The van der Waals surface area contributed by atoms with Crippen LogP contribution in [0.5, 0.6) is 0 Å². The highest BCUT2D eigenvalue weighted by Gasteiger charge is 2.22. The number of carboxylic acid groups (broad SMARTS) is 1. The SMILES string of the molecule is CCC(C)c1ccc(C(O)C(CC(=O)O)NC)cc1. The molecule has 3 unspecified atom stereocenters. The van der Waals surface area contributed by atoms with Gasteiger partial charge < -0.3 is 15.5 Å². The van der Waals surface area contributed by atoms with E-state index in [0.29, 0.717) is 5.92 Å². The van der Waals surface area contributed by atoms with Crippen LogP contribution in [-0.2, 0) is 4.79 Å². The van der Waals surface area contributed by atoms with Crippen molar-refractivity contribution in [3.8, 4) is 0 Å². The molecule has 0 saturated carbocycles. The van der Waals surface area contributed by atoms with Gasteiger partial charge in [0.25, 0.3) is 0 Å². The first-order valence-corrected chi connectivity index (χ1v) is 6.66. The Morgan fingerprint density at radius 3 is 2.21 bits per heavy atom. The molecule has 0 saturated heterocycles. The van der Waals surface area contributed by atoms with E-state index in [1.165, 1.54) is 5.56 Å². The van der Waals surface area contributed by atoms with Gasteiger partial charge in [-0.25, -0.2) is 0 Å². The van der Waals surface area contributed by atoms with Crippen molar-refractivity contribution < 1.29 is 15.0 Å². The summed E-state index contributed by atoms with van der Waals surface area (Å²) in [5.74, 6) is -0.431. The van der Waals surface area contributed by atoms with Crippen molar-refractivity contribution in [2.24, 2.45) is 0 Å². The second-order valence-electron chi connectivity index (χ2n) is 4.91. The normalized spacial score (nSPS) is 15.8. The number of benzene rings is 1. The van der Waals surface area contributed by atoms with Gasteiger partial charge in [-0.2, -0.15) is 0 Å². The molecule has 1 aromatic carbocycles. The number of aliphatic carboxylic acids is 1. The van der Waals surface area contributed by atoms with Gasteiger partial charge in [0.2, 0.25) is 0 Å². The molecule has 3 atom stereocenters. The van der Waals surface area contributed by atoms with E-state index in [2.05, 4.69) is 19.2 Å². The quantitative estimate of drug-likeness (QED) is 0.707. The number of carbonyl (C=O) groups is 1. The molecule has 0 radical (unpaired) electrons. The monoisotopic (exact) mass is 265 g/mol. The van der Waals surface area contributed by atoms with E-state index in [1.807, 2.05) is 24.3 Å². The summed E-state index contributed by atoms with van der Waals surface area (Å²) in [6.07, 6.45) is 0.150. The summed E-state index contributed by atoms with van der Waals surface area (Å²) in [6.45, 7) is 4.30. The molecule has 0 aromatic heterocycles. The molecule has 0 fully saturated rings. The molecule has 1 aromatic rings. The molecule has 4 nitrogen and oxygen atoms in total. The average Bonchev–Trinajstić information content (AvgIpc) is 2.43.